The van der Waals surface area contributed by atoms with Crippen molar-refractivity contribution in [2.75, 3.05) is 20.6 Å². The maximum atomic E-state index is 14.0. The van der Waals surface area contributed by atoms with Gasteiger partial charge in [0.15, 0.2) is 40.4 Å². The number of nitrogens with one attached hydrogen (secondary N) is 1. The second-order valence-electron chi connectivity index (χ2n) is 12.8. The van der Waals surface area contributed by atoms with Gasteiger partial charge in [-0.15, -0.1) is 0 Å². The van der Waals surface area contributed by atoms with E-state index >= 15 is 0 Å². The topological polar surface area (TPSA) is 184 Å². The Morgan fingerprint density at radius 1 is 1.15 bits per heavy atom. The molecule has 0 spiro atoms. The molecule has 0 aromatic heterocycles. The van der Waals surface area contributed by atoms with Crippen molar-refractivity contribution in [3.05, 3.63) is 28.3 Å². The highest BCUT2D eigenvalue weighted by molar-refractivity contribution is 6.32. The fourth-order valence-electron chi connectivity index (χ4n) is 6.75. The zero-order valence-electron chi connectivity index (χ0n) is 23.7. The second-order valence-corrected chi connectivity index (χ2v) is 12.8. The number of aliphatic hydroxyl groups is 1. The van der Waals surface area contributed by atoms with E-state index in [0.29, 0.717) is 17.7 Å². The molecule has 5 N–H and O–H groups in total. The van der Waals surface area contributed by atoms with Gasteiger partial charge in [-0.3, -0.25) is 33.7 Å². The molecule has 0 bridgehead atoms. The number of aromatic hydroxyl groups is 1. The molecule has 3 aliphatic carbocycles. The Morgan fingerprint density at radius 2 is 1.77 bits per heavy atom. The van der Waals surface area contributed by atoms with Gasteiger partial charge in [0, 0.05) is 30.1 Å². The van der Waals surface area contributed by atoms with Crippen molar-refractivity contribution in [2.24, 2.45) is 34.8 Å². The highest BCUT2D eigenvalue weighted by atomic mass is 16.3. The lowest BCUT2D eigenvalue weighted by atomic mass is 9.52. The Bertz CT molecular complexity index is 1340. The molecule has 40 heavy (non-hydrogen) atoms. The Kier molecular flexibility index (Phi) is 7.40. The first-order chi connectivity index (χ1) is 18.4. The lowest BCUT2D eigenvalue weighted by Crippen LogP contribution is -2.74. The Hall–Kier alpha value is -3.28. The maximum Gasteiger partial charge on any atom is 0.235 e. The summed E-state index contributed by atoms with van der Waals surface area (Å²) in [4.78, 5) is 80.7. The fraction of sp³-hybridized carbons (Fsp3) is 0.586. The van der Waals surface area contributed by atoms with Crippen molar-refractivity contribution in [1.29, 1.82) is 0 Å². The summed E-state index contributed by atoms with van der Waals surface area (Å²) in [6.07, 6.45) is -0.0269. The number of phenolic OH excluding ortho intramolecular Hbond substituents is 1. The van der Waals surface area contributed by atoms with Crippen LogP contribution in [0.2, 0.25) is 0 Å². The molecular weight excluding hydrogens is 518 g/mol. The van der Waals surface area contributed by atoms with Crippen LogP contribution in [0.25, 0.3) is 0 Å². The third kappa shape index (κ3) is 4.49. The molecule has 11 nitrogen and oxygen atoms in total. The molecule has 0 aliphatic heterocycles. The minimum Gasteiger partial charge on any atom is -0.507 e. The SMILES string of the molecule is CC(=O)c1cc(CNCC(C)(C)C)c(O)c2c1C[C@@H]1C[C@@H]3[C@@H](N(C)C)C(=O)C(C(N)=O)C(=O)[C@]3(O)C(=O)C1C2=O. The van der Waals surface area contributed by atoms with Crippen LogP contribution in [0.15, 0.2) is 6.07 Å². The molecular formula is C29H37N3O8. The largest absolute Gasteiger partial charge is 0.507 e. The monoisotopic (exact) mass is 555 g/mol. The highest BCUT2D eigenvalue weighted by Gasteiger charge is 2.69. The van der Waals surface area contributed by atoms with E-state index in [2.05, 4.69) is 5.32 Å². The number of amides is 1. The average Bonchev–Trinajstić information content (AvgIpc) is 2.81. The molecule has 2 fully saturated rings. The van der Waals surface area contributed by atoms with Crippen molar-refractivity contribution < 1.29 is 39.0 Å². The summed E-state index contributed by atoms with van der Waals surface area (Å²) in [7, 11) is 3.05. The quantitative estimate of drug-likeness (QED) is 0.279. The highest BCUT2D eigenvalue weighted by Crippen LogP contribution is 2.51. The van der Waals surface area contributed by atoms with Crippen LogP contribution in [0.3, 0.4) is 0 Å². The lowest BCUT2D eigenvalue weighted by molar-refractivity contribution is -0.181. The first-order valence-corrected chi connectivity index (χ1v) is 13.4. The van der Waals surface area contributed by atoms with E-state index in [1.54, 1.807) is 6.07 Å². The number of primary amides is 1. The van der Waals surface area contributed by atoms with Gasteiger partial charge < -0.3 is 21.3 Å². The normalized spacial score (nSPS) is 30.1. The predicted molar refractivity (Wildman–Crippen MR) is 143 cm³/mol. The van der Waals surface area contributed by atoms with Crippen molar-refractivity contribution in [3.8, 4) is 5.75 Å². The van der Waals surface area contributed by atoms with E-state index in [-0.39, 0.29) is 47.5 Å². The lowest BCUT2D eigenvalue weighted by Gasteiger charge is -2.52. The summed E-state index contributed by atoms with van der Waals surface area (Å²) in [6.45, 7) is 8.16. The number of phenols is 1. The van der Waals surface area contributed by atoms with Crippen molar-refractivity contribution >= 4 is 34.8 Å². The van der Waals surface area contributed by atoms with Crippen LogP contribution in [-0.4, -0.2) is 82.2 Å². The summed E-state index contributed by atoms with van der Waals surface area (Å²) in [5.74, 6) is -11.5. The number of nitrogens with two attached hydrogens (primary N) is 1. The van der Waals surface area contributed by atoms with Crippen molar-refractivity contribution in [1.82, 2.24) is 10.2 Å². The van der Waals surface area contributed by atoms with Crippen LogP contribution >= 0.6 is 0 Å². The van der Waals surface area contributed by atoms with Crippen LogP contribution in [0, 0.1) is 29.1 Å². The number of fused-ring (bicyclic) bond motifs is 3. The van der Waals surface area contributed by atoms with Gasteiger partial charge in [-0.2, -0.15) is 0 Å². The molecule has 2 unspecified atom stereocenters. The molecule has 6 atom stereocenters. The van der Waals surface area contributed by atoms with Crippen LogP contribution in [0.5, 0.6) is 5.75 Å². The summed E-state index contributed by atoms with van der Waals surface area (Å²) in [6, 6.07) is 0.368. The van der Waals surface area contributed by atoms with E-state index in [4.69, 9.17) is 5.73 Å². The molecule has 11 heteroatoms. The number of Topliss-reactive ketones (excluding diaryl/α,β-unsaturated/α-hetero) is 5. The van der Waals surface area contributed by atoms with E-state index < -0.39 is 64.4 Å². The summed E-state index contributed by atoms with van der Waals surface area (Å²) >= 11 is 0. The molecule has 0 radical (unpaired) electrons. The minimum atomic E-state index is -2.79. The van der Waals surface area contributed by atoms with Crippen molar-refractivity contribution in [3.63, 3.8) is 0 Å². The van der Waals surface area contributed by atoms with Crippen LogP contribution in [0.4, 0.5) is 0 Å². The minimum absolute atomic E-state index is 0.0456. The third-order valence-corrected chi connectivity index (χ3v) is 8.49. The van der Waals surface area contributed by atoms with E-state index in [0.717, 1.165) is 0 Å². The van der Waals surface area contributed by atoms with E-state index in [1.807, 2.05) is 20.8 Å². The molecule has 1 aromatic carbocycles. The molecule has 2 saturated carbocycles. The Labute approximate surface area is 232 Å². The standard InChI is InChI=1S/C29H37N3O8/c1-12(33)15-8-14(10-31-11-28(2,3)4)22(34)19-16(15)7-13-9-17-21(32(5)6)24(36)20(27(30)39)26(38)29(17,40)25(37)18(13)23(19)35/h8,13,17-18,20-21,31,34,40H,7,9-11H2,1-6H3,(H2,30,39)/t13-,17-,18?,20?,21-,29-/m1/s1. The first-order valence-electron chi connectivity index (χ1n) is 13.4. The number of hydrogen-bond acceptors (Lipinski definition) is 10. The molecule has 3 aliphatic rings. The summed E-state index contributed by atoms with van der Waals surface area (Å²) < 4.78 is 0. The van der Waals surface area contributed by atoms with Gasteiger partial charge in [0.2, 0.25) is 5.91 Å². The van der Waals surface area contributed by atoms with Crippen LogP contribution < -0.4 is 11.1 Å². The smallest absolute Gasteiger partial charge is 0.235 e. The molecule has 1 aromatic rings. The number of nitrogens with zero attached hydrogens (tertiary/aromatic N) is 1. The first kappa shape index (κ1) is 29.7. The number of rotatable bonds is 6. The van der Waals surface area contributed by atoms with Gasteiger partial charge in [0.05, 0.1) is 17.5 Å². The third-order valence-electron chi connectivity index (χ3n) is 8.49. The number of benzene rings is 1. The fourth-order valence-corrected chi connectivity index (χ4v) is 6.75. The molecule has 0 saturated heterocycles. The summed E-state index contributed by atoms with van der Waals surface area (Å²) in [5, 5.41) is 26.1. The predicted octanol–water partition coefficient (Wildman–Crippen LogP) is 0.205. The second kappa shape index (κ2) is 9.97. The van der Waals surface area contributed by atoms with Crippen LogP contribution in [-0.2, 0) is 32.1 Å². The number of carbonyl (C=O) groups excluding carboxylic acids is 6. The molecule has 0 heterocycles. The van der Waals surface area contributed by atoms with Gasteiger partial charge in [0.1, 0.15) is 5.75 Å². The number of ketones is 5. The van der Waals surface area contributed by atoms with Gasteiger partial charge in [-0.05, 0) is 56.8 Å². The molecule has 1 amide bonds. The maximum absolute atomic E-state index is 14.0. The molecule has 4 rings (SSSR count). The Morgan fingerprint density at radius 3 is 2.30 bits per heavy atom. The number of likely N-dealkylation sites (N-methyl/N-ethyl adjacent to an activating group) is 1. The van der Waals surface area contributed by atoms with Crippen molar-refractivity contribution in [2.45, 2.75) is 58.7 Å². The number of hydrogen-bond donors (Lipinski definition) is 4. The van der Waals surface area contributed by atoms with Gasteiger partial charge in [0.25, 0.3) is 0 Å². The van der Waals surface area contributed by atoms with Gasteiger partial charge in [-0.25, -0.2) is 0 Å². The van der Waals surface area contributed by atoms with E-state index in [9.17, 15) is 39.0 Å². The van der Waals surface area contributed by atoms with Crippen LogP contribution in [0.1, 0.15) is 66.0 Å². The zero-order chi connectivity index (χ0) is 30.1. The zero-order valence-corrected chi connectivity index (χ0v) is 23.7. The number of carbonyl (C=O) groups is 6. The Balaban J connectivity index is 1.83. The molecule has 216 valence electrons. The average molecular weight is 556 g/mol. The summed E-state index contributed by atoms with van der Waals surface area (Å²) in [5.41, 5.74) is 3.17. The van der Waals surface area contributed by atoms with E-state index in [1.165, 1.54) is 25.9 Å². The van der Waals surface area contributed by atoms with Gasteiger partial charge >= 0.3 is 0 Å². The van der Waals surface area contributed by atoms with Gasteiger partial charge in [-0.1, -0.05) is 20.8 Å².